The molecule has 1 aromatic carbocycles. The maximum absolute atomic E-state index is 14.6. The number of carbonyl (C=O) groups excluding carboxylic acids is 3. The van der Waals surface area contributed by atoms with Gasteiger partial charge in [-0.05, 0) is 78.1 Å². The van der Waals surface area contributed by atoms with Gasteiger partial charge in [-0.1, -0.05) is 6.07 Å². The minimum absolute atomic E-state index is 0.158. The van der Waals surface area contributed by atoms with E-state index in [0.29, 0.717) is 4.90 Å². The fourth-order valence-electron chi connectivity index (χ4n) is 2.57. The molecule has 2 amide bonds. The topological polar surface area (TPSA) is 82.1 Å². The number of esters is 1. The number of rotatable bonds is 4. The predicted octanol–water partition coefficient (Wildman–Crippen LogP) is 4.70. The molecular weight excluding hydrogens is 393 g/mol. The number of halogens is 1. The van der Waals surface area contributed by atoms with Crippen molar-refractivity contribution < 1.29 is 33.0 Å². The van der Waals surface area contributed by atoms with Crippen LogP contribution < -0.4 is 0 Å². The Kier molecular flexibility index (Phi) is 8.00. The number of hydrogen-bond acceptors (Lipinski definition) is 6. The average molecular weight is 425 g/mol. The molecule has 1 aromatic rings. The zero-order chi connectivity index (χ0) is 23.4. The number of benzene rings is 1. The Morgan fingerprint density at radius 3 is 1.77 bits per heavy atom. The second-order valence-electron chi connectivity index (χ2n) is 9.10. The van der Waals surface area contributed by atoms with Crippen LogP contribution in [-0.4, -0.2) is 47.4 Å². The molecule has 0 N–H and O–H groups in total. The number of amides is 2. The van der Waals surface area contributed by atoms with Gasteiger partial charge in [0, 0.05) is 6.42 Å². The minimum atomic E-state index is -1.48. The molecule has 0 aliphatic carbocycles. The molecule has 1 atom stereocenters. The van der Waals surface area contributed by atoms with Crippen molar-refractivity contribution in [3.63, 3.8) is 0 Å². The quantitative estimate of drug-likeness (QED) is 0.514. The first-order valence-corrected chi connectivity index (χ1v) is 9.64. The number of carbonyl (C=O) groups is 3. The molecule has 7 nitrogen and oxygen atoms in total. The number of nitrogens with zero attached hydrogens (tertiary/aromatic N) is 1. The Bertz CT molecular complexity index is 779. The minimum Gasteiger partial charge on any atom is -0.467 e. The molecule has 0 aliphatic heterocycles. The molecule has 168 valence electrons. The van der Waals surface area contributed by atoms with E-state index in [4.69, 9.17) is 14.2 Å². The standard InChI is InChI=1S/C22H32FNO6/c1-13-10-15(16(23)11-14(13)2)12-17(18(25)28-9)24(19(26)29-21(3,4)5)20(27)30-22(6,7)8/h10-11,17H,12H2,1-9H3. The number of imide groups is 1. The Balaban J connectivity index is 3.46. The summed E-state index contributed by atoms with van der Waals surface area (Å²) in [6.45, 7) is 13.3. The van der Waals surface area contributed by atoms with Crippen LogP contribution in [0.2, 0.25) is 0 Å². The van der Waals surface area contributed by atoms with E-state index in [1.54, 1.807) is 61.5 Å². The van der Waals surface area contributed by atoms with E-state index in [0.717, 1.165) is 18.2 Å². The molecule has 1 unspecified atom stereocenters. The zero-order valence-corrected chi connectivity index (χ0v) is 19.2. The van der Waals surface area contributed by atoms with E-state index in [9.17, 15) is 18.8 Å². The van der Waals surface area contributed by atoms with Crippen LogP contribution >= 0.6 is 0 Å². The van der Waals surface area contributed by atoms with Crippen molar-refractivity contribution in [3.05, 3.63) is 34.6 Å². The molecule has 0 heterocycles. The molecule has 0 saturated heterocycles. The first-order valence-electron chi connectivity index (χ1n) is 9.64. The lowest BCUT2D eigenvalue weighted by Crippen LogP contribution is -2.53. The first-order chi connectivity index (χ1) is 13.6. The molecule has 0 fully saturated rings. The molecule has 0 bridgehead atoms. The number of aryl methyl sites for hydroxylation is 2. The Morgan fingerprint density at radius 2 is 1.37 bits per heavy atom. The van der Waals surface area contributed by atoms with Gasteiger partial charge in [0.15, 0.2) is 0 Å². The largest absolute Gasteiger partial charge is 0.467 e. The van der Waals surface area contributed by atoms with Crippen molar-refractivity contribution >= 4 is 18.2 Å². The van der Waals surface area contributed by atoms with Gasteiger partial charge in [0.1, 0.15) is 23.1 Å². The molecule has 0 saturated carbocycles. The van der Waals surface area contributed by atoms with Gasteiger partial charge in [0.05, 0.1) is 7.11 Å². The smallest absolute Gasteiger partial charge is 0.420 e. The summed E-state index contributed by atoms with van der Waals surface area (Å²) in [5, 5.41) is 0. The molecular formula is C22H32FNO6. The predicted molar refractivity (Wildman–Crippen MR) is 110 cm³/mol. The van der Waals surface area contributed by atoms with Crippen LogP contribution in [0.15, 0.2) is 12.1 Å². The van der Waals surface area contributed by atoms with Crippen LogP contribution in [0.25, 0.3) is 0 Å². The molecule has 8 heteroatoms. The number of ether oxygens (including phenoxy) is 3. The summed E-state index contributed by atoms with van der Waals surface area (Å²) in [4.78, 5) is 38.8. The summed E-state index contributed by atoms with van der Waals surface area (Å²) in [7, 11) is 1.12. The van der Waals surface area contributed by atoms with Crippen LogP contribution in [0.1, 0.15) is 58.2 Å². The van der Waals surface area contributed by atoms with Crippen LogP contribution in [0, 0.1) is 19.7 Å². The Labute approximate surface area is 177 Å². The fraction of sp³-hybridized carbons (Fsp3) is 0.591. The molecule has 0 aromatic heterocycles. The molecule has 30 heavy (non-hydrogen) atoms. The van der Waals surface area contributed by atoms with E-state index >= 15 is 0 Å². The molecule has 0 radical (unpaired) electrons. The zero-order valence-electron chi connectivity index (χ0n) is 19.2. The van der Waals surface area contributed by atoms with Gasteiger partial charge in [-0.25, -0.2) is 18.8 Å². The normalized spacial score (nSPS) is 12.7. The third-order valence-electron chi connectivity index (χ3n) is 4.04. The highest BCUT2D eigenvalue weighted by Gasteiger charge is 2.41. The van der Waals surface area contributed by atoms with E-state index in [1.165, 1.54) is 6.07 Å². The van der Waals surface area contributed by atoms with Gasteiger partial charge >= 0.3 is 18.2 Å². The van der Waals surface area contributed by atoms with Crippen molar-refractivity contribution in [1.82, 2.24) is 4.90 Å². The molecule has 0 aliphatic rings. The summed E-state index contributed by atoms with van der Waals surface area (Å²) in [6, 6.07) is 1.43. The van der Waals surface area contributed by atoms with Crippen LogP contribution in [-0.2, 0) is 25.4 Å². The van der Waals surface area contributed by atoms with Gasteiger partial charge in [-0.15, -0.1) is 0 Å². The highest BCUT2D eigenvalue weighted by molar-refractivity contribution is 5.94. The lowest BCUT2D eigenvalue weighted by atomic mass is 9.99. The Hall–Kier alpha value is -2.64. The van der Waals surface area contributed by atoms with Gasteiger partial charge < -0.3 is 14.2 Å². The summed E-state index contributed by atoms with van der Waals surface area (Å²) < 4.78 is 30.0. The maximum Gasteiger partial charge on any atom is 0.420 e. The van der Waals surface area contributed by atoms with Gasteiger partial charge in [-0.2, -0.15) is 4.90 Å². The van der Waals surface area contributed by atoms with Crippen molar-refractivity contribution in [3.8, 4) is 0 Å². The lowest BCUT2D eigenvalue weighted by molar-refractivity contribution is -0.146. The van der Waals surface area contributed by atoms with E-state index in [1.807, 2.05) is 0 Å². The van der Waals surface area contributed by atoms with Gasteiger partial charge in [0.2, 0.25) is 0 Å². The second kappa shape index (κ2) is 9.45. The molecule has 0 spiro atoms. The first kappa shape index (κ1) is 25.4. The summed E-state index contributed by atoms with van der Waals surface area (Å²) in [5.41, 5.74) is -0.184. The summed E-state index contributed by atoms with van der Waals surface area (Å²) >= 11 is 0. The Morgan fingerprint density at radius 1 is 0.933 bits per heavy atom. The summed E-state index contributed by atoms with van der Waals surface area (Å²) in [5.74, 6) is -1.45. The van der Waals surface area contributed by atoms with Crippen molar-refractivity contribution in [2.75, 3.05) is 7.11 Å². The maximum atomic E-state index is 14.6. The van der Waals surface area contributed by atoms with Crippen LogP contribution in [0.3, 0.4) is 0 Å². The van der Waals surface area contributed by atoms with E-state index in [2.05, 4.69) is 0 Å². The SMILES string of the molecule is COC(=O)C(Cc1cc(C)c(C)cc1F)N(C(=O)OC(C)(C)C)C(=O)OC(C)(C)C. The monoisotopic (exact) mass is 425 g/mol. The fourth-order valence-corrected chi connectivity index (χ4v) is 2.57. The average Bonchev–Trinajstić information content (AvgIpc) is 2.54. The van der Waals surface area contributed by atoms with E-state index in [-0.39, 0.29) is 12.0 Å². The lowest BCUT2D eigenvalue weighted by Gasteiger charge is -2.32. The van der Waals surface area contributed by atoms with Gasteiger partial charge in [-0.3, -0.25) is 0 Å². The van der Waals surface area contributed by atoms with E-state index < -0.39 is 41.2 Å². The highest BCUT2D eigenvalue weighted by Crippen LogP contribution is 2.22. The van der Waals surface area contributed by atoms with Crippen LogP contribution in [0.5, 0.6) is 0 Å². The summed E-state index contributed by atoms with van der Waals surface area (Å²) in [6.07, 6.45) is -2.47. The highest BCUT2D eigenvalue weighted by atomic mass is 19.1. The number of methoxy groups -OCH3 is 1. The van der Waals surface area contributed by atoms with Crippen molar-refractivity contribution in [2.45, 2.75) is 79.1 Å². The van der Waals surface area contributed by atoms with Gasteiger partial charge in [0.25, 0.3) is 0 Å². The second-order valence-corrected chi connectivity index (χ2v) is 9.10. The number of hydrogen-bond donors (Lipinski definition) is 0. The third-order valence-corrected chi connectivity index (χ3v) is 4.04. The third kappa shape index (κ3) is 7.31. The van der Waals surface area contributed by atoms with Crippen LogP contribution in [0.4, 0.5) is 14.0 Å². The van der Waals surface area contributed by atoms with Crippen molar-refractivity contribution in [2.24, 2.45) is 0 Å². The molecule has 1 rings (SSSR count). The van der Waals surface area contributed by atoms with Crippen molar-refractivity contribution in [1.29, 1.82) is 0 Å².